The number of ether oxygens (including phenoxy) is 2. The number of piperazine rings is 1. The van der Waals surface area contributed by atoms with Crippen molar-refractivity contribution in [3.8, 4) is 11.6 Å². The SMILES string of the molecule is COc1cccc(NC(=O)N2CCN(c3cc(OC)nc(C)n3)CC2)c1. The third-order valence-electron chi connectivity index (χ3n) is 4.22. The number of carbonyl (C=O) groups excluding carboxylic acids is 1. The Bertz CT molecular complexity index is 775. The molecule has 2 heterocycles. The van der Waals surface area contributed by atoms with Gasteiger partial charge in [0.25, 0.3) is 0 Å². The van der Waals surface area contributed by atoms with Crippen molar-refractivity contribution in [1.82, 2.24) is 14.9 Å². The number of carbonyl (C=O) groups is 1. The maximum absolute atomic E-state index is 12.5. The molecule has 8 nitrogen and oxygen atoms in total. The number of aromatic nitrogens is 2. The van der Waals surface area contributed by atoms with E-state index >= 15 is 0 Å². The number of benzene rings is 1. The van der Waals surface area contributed by atoms with Gasteiger partial charge in [-0.05, 0) is 19.1 Å². The molecular weight excluding hydrogens is 334 g/mol. The summed E-state index contributed by atoms with van der Waals surface area (Å²) in [4.78, 5) is 25.1. The van der Waals surface area contributed by atoms with Crippen LogP contribution in [0.25, 0.3) is 0 Å². The lowest BCUT2D eigenvalue weighted by Gasteiger charge is -2.35. The molecule has 0 saturated carbocycles. The molecule has 1 aliphatic rings. The van der Waals surface area contributed by atoms with E-state index in [1.165, 1.54) is 0 Å². The van der Waals surface area contributed by atoms with Gasteiger partial charge in [0.05, 0.1) is 14.2 Å². The number of amides is 2. The van der Waals surface area contributed by atoms with Crippen molar-refractivity contribution in [2.45, 2.75) is 6.92 Å². The van der Waals surface area contributed by atoms with Crippen LogP contribution in [-0.4, -0.2) is 61.3 Å². The summed E-state index contributed by atoms with van der Waals surface area (Å²) in [6.45, 7) is 4.46. The van der Waals surface area contributed by atoms with Crippen LogP contribution < -0.4 is 19.7 Å². The Morgan fingerprint density at radius 1 is 1.08 bits per heavy atom. The largest absolute Gasteiger partial charge is 0.497 e. The molecule has 0 spiro atoms. The topological polar surface area (TPSA) is 79.8 Å². The summed E-state index contributed by atoms with van der Waals surface area (Å²) < 4.78 is 10.4. The Kier molecular flexibility index (Phi) is 5.40. The van der Waals surface area contributed by atoms with Crippen molar-refractivity contribution in [3.63, 3.8) is 0 Å². The number of methoxy groups -OCH3 is 2. The molecule has 0 bridgehead atoms. The number of anilines is 2. The highest BCUT2D eigenvalue weighted by Gasteiger charge is 2.22. The highest BCUT2D eigenvalue weighted by atomic mass is 16.5. The van der Waals surface area contributed by atoms with Gasteiger partial charge in [-0.1, -0.05) is 6.07 Å². The highest BCUT2D eigenvalue weighted by molar-refractivity contribution is 5.89. The molecule has 1 aliphatic heterocycles. The molecular formula is C18H23N5O3. The first-order chi connectivity index (χ1) is 12.6. The van der Waals surface area contributed by atoms with Crippen LogP contribution in [0.15, 0.2) is 30.3 Å². The average Bonchev–Trinajstić information content (AvgIpc) is 2.67. The number of hydrogen-bond donors (Lipinski definition) is 1. The standard InChI is InChI=1S/C18H23N5O3/c1-13-19-16(12-17(20-13)26-3)22-7-9-23(10-8-22)18(24)21-14-5-4-6-15(11-14)25-2/h4-6,11-12H,7-10H2,1-3H3,(H,21,24). The molecule has 2 amide bonds. The molecule has 138 valence electrons. The van der Waals surface area contributed by atoms with E-state index in [-0.39, 0.29) is 6.03 Å². The molecule has 3 rings (SSSR count). The molecule has 1 saturated heterocycles. The zero-order valence-corrected chi connectivity index (χ0v) is 15.2. The number of aryl methyl sites for hydroxylation is 1. The lowest BCUT2D eigenvalue weighted by atomic mass is 10.3. The van der Waals surface area contributed by atoms with E-state index in [9.17, 15) is 4.79 Å². The predicted octanol–water partition coefficient (Wildman–Crippen LogP) is 2.16. The Hall–Kier alpha value is -3.03. The van der Waals surface area contributed by atoms with Gasteiger partial charge in [0.1, 0.15) is 17.4 Å². The summed E-state index contributed by atoms with van der Waals surface area (Å²) in [5.74, 6) is 2.74. The van der Waals surface area contributed by atoms with Crippen LogP contribution in [0.3, 0.4) is 0 Å². The molecule has 0 atom stereocenters. The van der Waals surface area contributed by atoms with Gasteiger partial charge in [0.15, 0.2) is 0 Å². The summed E-state index contributed by atoms with van der Waals surface area (Å²) in [5.41, 5.74) is 0.716. The number of hydrogen-bond acceptors (Lipinski definition) is 6. The minimum Gasteiger partial charge on any atom is -0.497 e. The van der Waals surface area contributed by atoms with Crippen LogP contribution in [0.2, 0.25) is 0 Å². The smallest absolute Gasteiger partial charge is 0.321 e. The maximum Gasteiger partial charge on any atom is 0.321 e. The predicted molar refractivity (Wildman–Crippen MR) is 99.1 cm³/mol. The molecule has 0 unspecified atom stereocenters. The lowest BCUT2D eigenvalue weighted by molar-refractivity contribution is 0.208. The van der Waals surface area contributed by atoms with Gasteiger partial charge in [-0.15, -0.1) is 0 Å². The van der Waals surface area contributed by atoms with Crippen LogP contribution in [0.4, 0.5) is 16.3 Å². The summed E-state index contributed by atoms with van der Waals surface area (Å²) in [6.07, 6.45) is 0. The van der Waals surface area contributed by atoms with E-state index < -0.39 is 0 Å². The summed E-state index contributed by atoms with van der Waals surface area (Å²) in [6, 6.07) is 9.02. The molecule has 26 heavy (non-hydrogen) atoms. The first kappa shape index (κ1) is 17.8. The summed E-state index contributed by atoms with van der Waals surface area (Å²) in [5, 5.41) is 2.91. The number of rotatable bonds is 4. The van der Waals surface area contributed by atoms with Crippen molar-refractivity contribution >= 4 is 17.5 Å². The zero-order valence-electron chi connectivity index (χ0n) is 15.2. The third kappa shape index (κ3) is 4.14. The fraction of sp³-hybridized carbons (Fsp3) is 0.389. The van der Waals surface area contributed by atoms with Gasteiger partial charge in [-0.25, -0.2) is 9.78 Å². The second-order valence-electron chi connectivity index (χ2n) is 5.95. The van der Waals surface area contributed by atoms with E-state index in [0.717, 1.165) is 5.82 Å². The van der Waals surface area contributed by atoms with Gasteiger partial charge in [0, 0.05) is 44.0 Å². The van der Waals surface area contributed by atoms with E-state index in [1.54, 1.807) is 25.2 Å². The lowest BCUT2D eigenvalue weighted by Crippen LogP contribution is -2.50. The fourth-order valence-corrected chi connectivity index (χ4v) is 2.83. The van der Waals surface area contributed by atoms with Crippen LogP contribution in [-0.2, 0) is 0 Å². The number of nitrogens with zero attached hydrogens (tertiary/aromatic N) is 4. The molecule has 8 heteroatoms. The van der Waals surface area contributed by atoms with Crippen LogP contribution >= 0.6 is 0 Å². The Balaban J connectivity index is 1.59. The normalized spacial score (nSPS) is 14.1. The van der Waals surface area contributed by atoms with E-state index in [0.29, 0.717) is 49.3 Å². The Morgan fingerprint density at radius 2 is 1.85 bits per heavy atom. The zero-order chi connectivity index (χ0) is 18.5. The molecule has 1 aromatic heterocycles. The van der Waals surface area contributed by atoms with E-state index in [4.69, 9.17) is 9.47 Å². The Labute approximate surface area is 152 Å². The molecule has 1 N–H and O–H groups in total. The van der Waals surface area contributed by atoms with Gasteiger partial charge >= 0.3 is 6.03 Å². The number of nitrogens with one attached hydrogen (secondary N) is 1. The second kappa shape index (κ2) is 7.90. The minimum absolute atomic E-state index is 0.116. The third-order valence-corrected chi connectivity index (χ3v) is 4.22. The first-order valence-electron chi connectivity index (χ1n) is 8.43. The summed E-state index contributed by atoms with van der Waals surface area (Å²) in [7, 11) is 3.19. The molecule has 1 aromatic carbocycles. The quantitative estimate of drug-likeness (QED) is 0.903. The minimum atomic E-state index is -0.116. The van der Waals surface area contributed by atoms with Crippen molar-refractivity contribution in [1.29, 1.82) is 0 Å². The van der Waals surface area contributed by atoms with Gasteiger partial charge in [0.2, 0.25) is 5.88 Å². The van der Waals surface area contributed by atoms with Crippen LogP contribution in [0.1, 0.15) is 5.82 Å². The van der Waals surface area contributed by atoms with Crippen LogP contribution in [0, 0.1) is 6.92 Å². The van der Waals surface area contributed by atoms with Crippen LogP contribution in [0.5, 0.6) is 11.6 Å². The van der Waals surface area contributed by atoms with Crippen molar-refractivity contribution < 1.29 is 14.3 Å². The monoisotopic (exact) mass is 357 g/mol. The van der Waals surface area contributed by atoms with Crippen molar-refractivity contribution in [3.05, 3.63) is 36.2 Å². The van der Waals surface area contributed by atoms with Gasteiger partial charge in [-0.3, -0.25) is 0 Å². The first-order valence-corrected chi connectivity index (χ1v) is 8.43. The molecule has 0 aliphatic carbocycles. The van der Waals surface area contributed by atoms with Gasteiger partial charge in [-0.2, -0.15) is 4.98 Å². The van der Waals surface area contributed by atoms with Crippen molar-refractivity contribution in [2.24, 2.45) is 0 Å². The number of urea groups is 1. The van der Waals surface area contributed by atoms with E-state index in [2.05, 4.69) is 20.2 Å². The highest BCUT2D eigenvalue weighted by Crippen LogP contribution is 2.20. The maximum atomic E-state index is 12.5. The molecule has 1 fully saturated rings. The fourth-order valence-electron chi connectivity index (χ4n) is 2.83. The van der Waals surface area contributed by atoms with Crippen molar-refractivity contribution in [2.75, 3.05) is 50.6 Å². The average molecular weight is 357 g/mol. The van der Waals surface area contributed by atoms with Gasteiger partial charge < -0.3 is 24.6 Å². The second-order valence-corrected chi connectivity index (χ2v) is 5.95. The van der Waals surface area contributed by atoms with E-state index in [1.807, 2.05) is 31.2 Å². The Morgan fingerprint density at radius 3 is 2.54 bits per heavy atom. The molecule has 2 aromatic rings. The summed E-state index contributed by atoms with van der Waals surface area (Å²) >= 11 is 0. The molecule has 0 radical (unpaired) electrons.